The lowest BCUT2D eigenvalue weighted by atomic mass is 10.1. The van der Waals surface area contributed by atoms with Gasteiger partial charge in [-0.25, -0.2) is 4.98 Å². The lowest BCUT2D eigenvalue weighted by Crippen LogP contribution is -2.37. The maximum absolute atomic E-state index is 12.9. The molecule has 1 aromatic carbocycles. The largest absolute Gasteiger partial charge is 0.493 e. The Morgan fingerprint density at radius 2 is 1.81 bits per heavy atom. The van der Waals surface area contributed by atoms with E-state index in [1.165, 1.54) is 21.3 Å². The third-order valence-corrected chi connectivity index (χ3v) is 4.29. The van der Waals surface area contributed by atoms with Gasteiger partial charge in [-0.15, -0.1) is 0 Å². The Morgan fingerprint density at radius 3 is 2.48 bits per heavy atom. The lowest BCUT2D eigenvalue weighted by Gasteiger charge is -2.29. The molecule has 1 amide bonds. The molecule has 8 heteroatoms. The van der Waals surface area contributed by atoms with Crippen LogP contribution >= 0.6 is 0 Å². The SMILES string of the molecule is COc1ccc(C(=O)Nc2cccnc2N2CCOCC2)c(OC)c1OC. The Bertz CT molecular complexity index is 806. The second-order valence-electron chi connectivity index (χ2n) is 5.81. The minimum Gasteiger partial charge on any atom is -0.493 e. The van der Waals surface area contributed by atoms with Gasteiger partial charge in [0, 0.05) is 19.3 Å². The van der Waals surface area contributed by atoms with Gasteiger partial charge in [0.25, 0.3) is 5.91 Å². The van der Waals surface area contributed by atoms with Gasteiger partial charge in [0.05, 0.1) is 45.8 Å². The van der Waals surface area contributed by atoms with Gasteiger partial charge >= 0.3 is 0 Å². The molecule has 0 unspecified atom stereocenters. The van der Waals surface area contributed by atoms with Crippen molar-refractivity contribution in [3.63, 3.8) is 0 Å². The maximum Gasteiger partial charge on any atom is 0.259 e. The molecule has 0 bridgehead atoms. The Hall–Kier alpha value is -3.00. The highest BCUT2D eigenvalue weighted by Crippen LogP contribution is 2.40. The first-order valence-corrected chi connectivity index (χ1v) is 8.57. The molecule has 144 valence electrons. The summed E-state index contributed by atoms with van der Waals surface area (Å²) in [6.45, 7) is 2.71. The number of nitrogens with one attached hydrogen (secondary N) is 1. The fraction of sp³-hybridized carbons (Fsp3) is 0.368. The molecule has 8 nitrogen and oxygen atoms in total. The predicted molar refractivity (Wildman–Crippen MR) is 101 cm³/mol. The van der Waals surface area contributed by atoms with Crippen LogP contribution in [0.15, 0.2) is 30.5 Å². The zero-order valence-electron chi connectivity index (χ0n) is 15.7. The number of aromatic nitrogens is 1. The monoisotopic (exact) mass is 373 g/mol. The second-order valence-corrected chi connectivity index (χ2v) is 5.81. The number of morpholine rings is 1. The van der Waals surface area contributed by atoms with Crippen LogP contribution in [0.3, 0.4) is 0 Å². The molecular weight excluding hydrogens is 350 g/mol. The summed E-state index contributed by atoms with van der Waals surface area (Å²) in [5.41, 5.74) is 0.966. The highest BCUT2D eigenvalue weighted by atomic mass is 16.5. The van der Waals surface area contributed by atoms with Gasteiger partial charge in [-0.05, 0) is 24.3 Å². The number of anilines is 2. The molecule has 0 saturated carbocycles. The number of pyridine rings is 1. The lowest BCUT2D eigenvalue weighted by molar-refractivity contribution is 0.102. The summed E-state index contributed by atoms with van der Waals surface area (Å²) in [6, 6.07) is 6.91. The standard InChI is InChI=1S/C19H23N3O5/c1-24-15-7-6-13(16(25-2)17(15)26-3)19(23)21-14-5-4-8-20-18(14)22-9-11-27-12-10-22/h4-8H,9-12H2,1-3H3,(H,21,23). The summed E-state index contributed by atoms with van der Waals surface area (Å²) < 4.78 is 21.4. The van der Waals surface area contributed by atoms with Crippen molar-refractivity contribution in [3.05, 3.63) is 36.0 Å². The first kappa shape index (κ1) is 18.8. The van der Waals surface area contributed by atoms with Gasteiger partial charge in [0.2, 0.25) is 5.75 Å². The molecule has 0 aliphatic carbocycles. The molecule has 1 N–H and O–H groups in total. The van der Waals surface area contributed by atoms with Crippen LogP contribution in [0.1, 0.15) is 10.4 Å². The Labute approximate surface area is 158 Å². The molecule has 2 aromatic rings. The molecule has 27 heavy (non-hydrogen) atoms. The van der Waals surface area contributed by atoms with Gasteiger partial charge in [0.1, 0.15) is 0 Å². The third-order valence-electron chi connectivity index (χ3n) is 4.29. The normalized spacial score (nSPS) is 13.8. The topological polar surface area (TPSA) is 82.2 Å². The van der Waals surface area contributed by atoms with E-state index in [0.717, 1.165) is 13.1 Å². The molecule has 1 saturated heterocycles. The van der Waals surface area contributed by atoms with Crippen LogP contribution < -0.4 is 24.4 Å². The molecule has 1 aromatic heterocycles. The van der Waals surface area contributed by atoms with Crippen LogP contribution in [0.4, 0.5) is 11.5 Å². The van der Waals surface area contributed by atoms with Crippen LogP contribution in [0.5, 0.6) is 17.2 Å². The minimum absolute atomic E-state index is 0.311. The number of carbonyl (C=O) groups excluding carboxylic acids is 1. The van der Waals surface area contributed by atoms with Crippen molar-refractivity contribution in [1.29, 1.82) is 0 Å². The molecule has 1 aliphatic heterocycles. The van der Waals surface area contributed by atoms with Crippen LogP contribution in [0.25, 0.3) is 0 Å². The van der Waals surface area contributed by atoms with Crippen LogP contribution in [0.2, 0.25) is 0 Å². The summed E-state index contributed by atoms with van der Waals surface area (Å²) in [5.74, 6) is 1.56. The van der Waals surface area contributed by atoms with Crippen molar-refractivity contribution < 1.29 is 23.7 Å². The van der Waals surface area contributed by atoms with Gasteiger partial charge in [-0.3, -0.25) is 4.79 Å². The average molecular weight is 373 g/mol. The number of nitrogens with zero attached hydrogens (tertiary/aromatic N) is 2. The highest BCUT2D eigenvalue weighted by Gasteiger charge is 2.23. The van der Waals surface area contributed by atoms with E-state index in [0.29, 0.717) is 47.5 Å². The number of methoxy groups -OCH3 is 3. The van der Waals surface area contributed by atoms with E-state index in [2.05, 4.69) is 15.2 Å². The van der Waals surface area contributed by atoms with Crippen molar-refractivity contribution in [2.24, 2.45) is 0 Å². The van der Waals surface area contributed by atoms with E-state index >= 15 is 0 Å². The first-order chi connectivity index (χ1) is 13.2. The summed E-state index contributed by atoms with van der Waals surface area (Å²) >= 11 is 0. The van der Waals surface area contributed by atoms with Gasteiger partial charge in [-0.1, -0.05) is 0 Å². The van der Waals surface area contributed by atoms with E-state index < -0.39 is 0 Å². The number of benzene rings is 1. The maximum atomic E-state index is 12.9. The fourth-order valence-electron chi connectivity index (χ4n) is 2.99. The number of amides is 1. The quantitative estimate of drug-likeness (QED) is 0.831. The van der Waals surface area contributed by atoms with Crippen LogP contribution in [0, 0.1) is 0 Å². The Balaban J connectivity index is 1.90. The summed E-state index contributed by atoms with van der Waals surface area (Å²) in [4.78, 5) is 19.5. The summed E-state index contributed by atoms with van der Waals surface area (Å²) in [5, 5.41) is 2.93. The number of rotatable bonds is 6. The second kappa shape index (κ2) is 8.59. The zero-order valence-corrected chi connectivity index (χ0v) is 15.7. The average Bonchev–Trinajstić information content (AvgIpc) is 2.73. The van der Waals surface area contributed by atoms with Crippen molar-refractivity contribution in [3.8, 4) is 17.2 Å². The predicted octanol–water partition coefficient (Wildman–Crippen LogP) is 2.20. The highest BCUT2D eigenvalue weighted by molar-refractivity contribution is 6.08. The van der Waals surface area contributed by atoms with Gasteiger partial charge in [-0.2, -0.15) is 0 Å². The third kappa shape index (κ3) is 3.90. The Morgan fingerprint density at radius 1 is 1.07 bits per heavy atom. The summed E-state index contributed by atoms with van der Waals surface area (Å²) in [7, 11) is 4.51. The van der Waals surface area contributed by atoms with Gasteiger partial charge in [0.15, 0.2) is 17.3 Å². The molecule has 2 heterocycles. The molecule has 0 radical (unpaired) electrons. The van der Waals surface area contributed by atoms with E-state index in [9.17, 15) is 4.79 Å². The Kier molecular flexibility index (Phi) is 5.97. The van der Waals surface area contributed by atoms with E-state index in [-0.39, 0.29) is 5.91 Å². The molecule has 1 aliphatic rings. The van der Waals surface area contributed by atoms with Crippen molar-refractivity contribution in [1.82, 2.24) is 4.98 Å². The number of hydrogen-bond acceptors (Lipinski definition) is 7. The van der Waals surface area contributed by atoms with E-state index in [4.69, 9.17) is 18.9 Å². The van der Waals surface area contributed by atoms with Crippen LogP contribution in [-0.4, -0.2) is 58.5 Å². The molecule has 1 fully saturated rings. The van der Waals surface area contributed by atoms with Gasteiger partial charge < -0.3 is 29.2 Å². The van der Waals surface area contributed by atoms with Crippen molar-refractivity contribution in [2.75, 3.05) is 57.8 Å². The minimum atomic E-state index is -0.324. The number of hydrogen-bond donors (Lipinski definition) is 1. The molecule has 0 atom stereocenters. The van der Waals surface area contributed by atoms with E-state index in [1.54, 1.807) is 24.4 Å². The fourth-order valence-corrected chi connectivity index (χ4v) is 2.99. The summed E-state index contributed by atoms with van der Waals surface area (Å²) in [6.07, 6.45) is 1.71. The van der Waals surface area contributed by atoms with E-state index in [1.807, 2.05) is 6.07 Å². The number of ether oxygens (including phenoxy) is 4. The molecular formula is C19H23N3O5. The zero-order chi connectivity index (χ0) is 19.2. The van der Waals surface area contributed by atoms with Crippen molar-refractivity contribution >= 4 is 17.4 Å². The number of carbonyl (C=O) groups is 1. The first-order valence-electron chi connectivity index (χ1n) is 8.57. The molecule has 0 spiro atoms. The smallest absolute Gasteiger partial charge is 0.259 e. The molecule has 3 rings (SSSR count). The van der Waals surface area contributed by atoms with Crippen LogP contribution in [-0.2, 0) is 4.74 Å². The van der Waals surface area contributed by atoms with Crippen molar-refractivity contribution in [2.45, 2.75) is 0 Å².